The molecule has 0 aliphatic heterocycles. The molecule has 1 aliphatic rings. The quantitative estimate of drug-likeness (QED) is 0.0636. The van der Waals surface area contributed by atoms with Gasteiger partial charge in [0.25, 0.3) is 0 Å². The summed E-state index contributed by atoms with van der Waals surface area (Å²) in [6.45, 7) is 0. The van der Waals surface area contributed by atoms with E-state index in [0.29, 0.717) is 43.1 Å². The Kier molecular flexibility index (Phi) is 9.55. The largest absolute Gasteiger partial charge is 0.422 e. The molecule has 8 aromatic carbocycles. The molecule has 1 aliphatic carbocycles. The van der Waals surface area contributed by atoms with Crippen LogP contribution in [0.15, 0.2) is 192 Å². The lowest BCUT2D eigenvalue weighted by Gasteiger charge is -2.21. The van der Waals surface area contributed by atoms with Crippen molar-refractivity contribution in [2.45, 2.75) is 0 Å². The summed E-state index contributed by atoms with van der Waals surface area (Å²) in [6.07, 6.45) is 0. The summed E-state index contributed by atoms with van der Waals surface area (Å²) in [5.41, 5.74) is -4.59. The topological polar surface area (TPSA) is 139 Å². The number of esters is 4. The van der Waals surface area contributed by atoms with E-state index in [2.05, 4.69) is 0 Å². The van der Waals surface area contributed by atoms with Crippen molar-refractivity contribution in [2.75, 3.05) is 0 Å². The molecule has 0 heterocycles. The predicted molar refractivity (Wildman–Crippen MR) is 222 cm³/mol. The lowest BCUT2D eigenvalue weighted by molar-refractivity contribution is -0.140. The third-order valence-corrected chi connectivity index (χ3v) is 10.0. The molecule has 0 amide bonds. The van der Waals surface area contributed by atoms with Gasteiger partial charge in [-0.1, -0.05) is 146 Å². The Hall–Kier alpha value is -8.50. The van der Waals surface area contributed by atoms with Gasteiger partial charge in [0.1, 0.15) is 45.3 Å². The van der Waals surface area contributed by atoms with Crippen LogP contribution in [0.25, 0.3) is 43.1 Å². The minimum Gasteiger partial charge on any atom is -0.422 e. The Morgan fingerprint density at radius 3 is 0.700 bits per heavy atom. The summed E-state index contributed by atoms with van der Waals surface area (Å²) in [7, 11) is 0. The third-order valence-electron chi connectivity index (χ3n) is 10.0. The maximum absolute atomic E-state index is 14.9. The minimum absolute atomic E-state index is 0.0161. The van der Waals surface area contributed by atoms with Crippen LogP contribution in [0.2, 0.25) is 0 Å². The molecule has 60 heavy (non-hydrogen) atoms. The van der Waals surface area contributed by atoms with Gasteiger partial charge >= 0.3 is 23.9 Å². The molecule has 9 rings (SSSR count). The number of benzene rings is 8. The Morgan fingerprint density at radius 2 is 0.467 bits per heavy atom. The van der Waals surface area contributed by atoms with Crippen LogP contribution in [-0.2, 0) is 28.8 Å². The van der Waals surface area contributed by atoms with Gasteiger partial charge in [-0.3, -0.25) is 9.59 Å². The Bertz CT molecular complexity index is 2780. The summed E-state index contributed by atoms with van der Waals surface area (Å²) in [6, 6.07) is 47.1. The van der Waals surface area contributed by atoms with Crippen molar-refractivity contribution >= 4 is 78.5 Å². The second-order valence-electron chi connectivity index (χ2n) is 13.6. The van der Waals surface area contributed by atoms with Crippen molar-refractivity contribution in [1.82, 2.24) is 0 Å². The molecule has 288 valence electrons. The molecule has 0 N–H and O–H groups in total. The molecule has 10 heteroatoms. The molecule has 0 fully saturated rings. The number of rotatable bonds is 8. The van der Waals surface area contributed by atoms with E-state index >= 15 is 0 Å². The zero-order valence-corrected chi connectivity index (χ0v) is 31.2. The molecule has 0 saturated carbocycles. The fraction of sp³-hybridized carbons (Fsp3) is 0. The fourth-order valence-corrected chi connectivity index (χ4v) is 7.23. The van der Waals surface area contributed by atoms with Crippen molar-refractivity contribution in [3.63, 3.8) is 0 Å². The minimum atomic E-state index is -1.50. The molecule has 0 radical (unpaired) electrons. The van der Waals surface area contributed by atoms with Crippen LogP contribution in [-0.4, -0.2) is 35.4 Å². The summed E-state index contributed by atoms with van der Waals surface area (Å²) in [5.74, 6) is -8.93. The molecule has 0 unspecified atom stereocenters. The van der Waals surface area contributed by atoms with Gasteiger partial charge in [0, 0.05) is 21.5 Å². The van der Waals surface area contributed by atoms with Crippen LogP contribution in [0.3, 0.4) is 0 Å². The first-order valence-electron chi connectivity index (χ1n) is 18.6. The molecule has 10 nitrogen and oxygen atoms in total. The van der Waals surface area contributed by atoms with Crippen LogP contribution in [0, 0.1) is 0 Å². The Morgan fingerprint density at radius 1 is 0.267 bits per heavy atom. The van der Waals surface area contributed by atoms with Crippen LogP contribution >= 0.6 is 0 Å². The van der Waals surface area contributed by atoms with Crippen LogP contribution in [0.4, 0.5) is 0 Å². The number of fused-ring (bicyclic) bond motifs is 4. The average molecular weight is 789 g/mol. The first-order chi connectivity index (χ1) is 29.3. The van der Waals surface area contributed by atoms with Gasteiger partial charge < -0.3 is 18.9 Å². The van der Waals surface area contributed by atoms with Crippen molar-refractivity contribution in [2.24, 2.45) is 0 Å². The van der Waals surface area contributed by atoms with Gasteiger partial charge in [-0.05, 0) is 45.8 Å². The van der Waals surface area contributed by atoms with E-state index in [1.165, 1.54) is 24.3 Å². The van der Waals surface area contributed by atoms with E-state index in [0.717, 1.165) is 0 Å². The highest BCUT2D eigenvalue weighted by atomic mass is 16.6. The molecule has 0 aromatic heterocycles. The van der Waals surface area contributed by atoms with Crippen molar-refractivity contribution in [1.29, 1.82) is 0 Å². The number of carbonyl (C=O) groups is 6. The fourth-order valence-electron chi connectivity index (χ4n) is 7.23. The van der Waals surface area contributed by atoms with E-state index in [1.807, 2.05) is 0 Å². The maximum Gasteiger partial charge on any atom is 0.348 e. The molecule has 0 saturated heterocycles. The normalized spacial score (nSPS) is 12.9. The van der Waals surface area contributed by atoms with Gasteiger partial charge in [0.2, 0.25) is 11.6 Å². The van der Waals surface area contributed by atoms with Crippen LogP contribution in [0.5, 0.6) is 23.0 Å². The second-order valence-corrected chi connectivity index (χ2v) is 13.6. The summed E-state index contributed by atoms with van der Waals surface area (Å²) in [4.78, 5) is 87.5. The zero-order valence-electron chi connectivity index (χ0n) is 31.2. The second kappa shape index (κ2) is 15.4. The lowest BCUT2D eigenvalue weighted by atomic mass is 9.83. The van der Waals surface area contributed by atoms with Crippen molar-refractivity contribution < 1.29 is 47.7 Å². The first kappa shape index (κ1) is 37.1. The van der Waals surface area contributed by atoms with E-state index in [9.17, 15) is 28.8 Å². The number of Topliss-reactive ketones (excluding diaryl/α,β-unsaturated/α-hetero) is 2. The van der Waals surface area contributed by atoms with Gasteiger partial charge in [-0.2, -0.15) is 0 Å². The lowest BCUT2D eigenvalue weighted by Crippen LogP contribution is -2.40. The van der Waals surface area contributed by atoms with Gasteiger partial charge in [0.05, 0.1) is 0 Å². The van der Waals surface area contributed by atoms with E-state index in [4.69, 9.17) is 18.9 Å². The summed E-state index contributed by atoms with van der Waals surface area (Å²) < 4.78 is 23.0. The van der Waals surface area contributed by atoms with Crippen LogP contribution in [0.1, 0.15) is 0 Å². The third kappa shape index (κ3) is 6.73. The zero-order chi connectivity index (χ0) is 41.3. The van der Waals surface area contributed by atoms with Gasteiger partial charge in [0.15, 0.2) is 0 Å². The standard InChI is InChI=1S/C50H28O10/c51-45-41(47(53)57-37-25-9-17-29-13-1-5-21-33(29)37)42(48(54)58-38-26-10-18-30-14-2-6-22-34(30)38)46(52)44(50(56)60-40-28-12-20-32-16-4-8-24-36(32)40)43(45)49(55)59-39-27-11-19-31-15-3-7-23-35(31)39/h1-28H. The molecule has 8 aromatic rings. The number of carbonyl (C=O) groups excluding carboxylic acids is 6. The number of ether oxygens (including phenoxy) is 4. The monoisotopic (exact) mass is 788 g/mol. The highest BCUT2D eigenvalue weighted by molar-refractivity contribution is 6.50. The van der Waals surface area contributed by atoms with E-state index in [1.54, 1.807) is 146 Å². The molecule has 0 bridgehead atoms. The predicted octanol–water partition coefficient (Wildman–Crippen LogP) is 8.77. The first-order valence-corrected chi connectivity index (χ1v) is 18.6. The Balaban J connectivity index is 1.21. The molecular formula is C50H28O10. The summed E-state index contributed by atoms with van der Waals surface area (Å²) in [5, 5.41) is 4.57. The number of hydrogen-bond acceptors (Lipinski definition) is 10. The molecular weight excluding hydrogens is 761 g/mol. The SMILES string of the molecule is O=C(Oc1cccc2ccccc12)C1=C(C(=O)Oc2cccc3ccccc23)C(=O)C(C(=O)Oc2cccc3ccccc23)=C(C(=O)Oc2cccc3ccccc23)C1=O. The van der Waals surface area contributed by atoms with Gasteiger partial charge in [-0.15, -0.1) is 0 Å². The van der Waals surface area contributed by atoms with E-state index in [-0.39, 0.29) is 23.0 Å². The van der Waals surface area contributed by atoms with Gasteiger partial charge in [-0.25, -0.2) is 19.2 Å². The van der Waals surface area contributed by atoms with Crippen molar-refractivity contribution in [3.8, 4) is 23.0 Å². The number of ketones is 2. The highest BCUT2D eigenvalue weighted by Crippen LogP contribution is 2.35. The highest BCUT2D eigenvalue weighted by Gasteiger charge is 2.48. The molecule has 0 atom stereocenters. The maximum atomic E-state index is 14.9. The van der Waals surface area contributed by atoms with Crippen molar-refractivity contribution in [3.05, 3.63) is 192 Å². The van der Waals surface area contributed by atoms with E-state index < -0.39 is 57.7 Å². The average Bonchev–Trinajstić information content (AvgIpc) is 3.27. The number of hydrogen-bond donors (Lipinski definition) is 0. The summed E-state index contributed by atoms with van der Waals surface area (Å²) >= 11 is 0. The Labute approximate surface area is 340 Å². The smallest absolute Gasteiger partial charge is 0.348 e. The molecule has 0 spiro atoms. The van der Waals surface area contributed by atoms with Crippen LogP contribution < -0.4 is 18.9 Å².